The van der Waals surface area contributed by atoms with Crippen LogP contribution in [0.25, 0.3) is 0 Å². The normalized spacial score (nSPS) is 10.1. The molecule has 0 amide bonds. The fraction of sp³-hybridized carbons (Fsp3) is 0.136. The second kappa shape index (κ2) is 11.0. The molecule has 3 aromatic rings. The minimum atomic E-state index is -0.961. The van der Waals surface area contributed by atoms with Gasteiger partial charge in [-0.2, -0.15) is 0 Å². The van der Waals surface area contributed by atoms with Crippen LogP contribution >= 0.6 is 22.6 Å². The van der Waals surface area contributed by atoms with Crippen molar-refractivity contribution in [3.8, 4) is 0 Å². The predicted octanol–water partition coefficient (Wildman–Crippen LogP) is 4.92. The summed E-state index contributed by atoms with van der Waals surface area (Å²) in [5, 5.41) is 9.49. The van der Waals surface area contributed by atoms with Crippen LogP contribution in [0.1, 0.15) is 19.8 Å². The molecule has 0 atom stereocenters. The summed E-state index contributed by atoms with van der Waals surface area (Å²) in [4.78, 5) is 13.6. The topological polar surface area (TPSA) is 40.1 Å². The van der Waals surface area contributed by atoms with Gasteiger partial charge < -0.3 is 9.90 Å². The van der Waals surface area contributed by atoms with Crippen molar-refractivity contribution in [2.24, 2.45) is 0 Å². The minimum Gasteiger partial charge on any atom is -0.550 e. The highest BCUT2D eigenvalue weighted by atomic mass is 127. The van der Waals surface area contributed by atoms with Gasteiger partial charge in [-0.25, -0.2) is 0 Å². The number of halogens is 1. The number of carboxylic acid groups (broad SMARTS) is 1. The number of rotatable bonds is 5. The summed E-state index contributed by atoms with van der Waals surface area (Å²) in [7, 11) is -0.0262. The lowest BCUT2D eigenvalue weighted by atomic mass is 10.4. The maximum atomic E-state index is 9.49. The fourth-order valence-corrected chi connectivity index (χ4v) is 4.74. The van der Waals surface area contributed by atoms with Crippen molar-refractivity contribution in [2.75, 3.05) is 0 Å². The van der Waals surface area contributed by atoms with Crippen LogP contribution in [0.2, 0.25) is 0 Å². The van der Waals surface area contributed by atoms with E-state index >= 15 is 0 Å². The Bertz CT molecular complexity index is 750. The zero-order chi connectivity index (χ0) is 18.8. The molecular formula is C22H21IO2S. The van der Waals surface area contributed by atoms with Gasteiger partial charge in [0, 0.05) is 9.54 Å². The molecule has 3 aromatic carbocycles. The molecule has 134 valence electrons. The highest BCUT2D eigenvalue weighted by molar-refractivity contribution is 14.1. The van der Waals surface area contributed by atoms with E-state index in [0.29, 0.717) is 6.42 Å². The quantitative estimate of drug-likeness (QED) is 0.387. The van der Waals surface area contributed by atoms with E-state index in [4.69, 9.17) is 0 Å². The van der Waals surface area contributed by atoms with Crippen molar-refractivity contribution in [2.45, 2.75) is 34.5 Å². The molecule has 0 fully saturated rings. The molecule has 0 bridgehead atoms. The van der Waals surface area contributed by atoms with Crippen LogP contribution in [-0.4, -0.2) is 5.97 Å². The van der Waals surface area contributed by atoms with Crippen molar-refractivity contribution in [1.82, 2.24) is 0 Å². The largest absolute Gasteiger partial charge is 0.550 e. The van der Waals surface area contributed by atoms with Crippen LogP contribution in [0.3, 0.4) is 0 Å². The first-order chi connectivity index (χ1) is 12.6. The van der Waals surface area contributed by atoms with E-state index in [0.717, 1.165) is 0 Å². The van der Waals surface area contributed by atoms with Gasteiger partial charge in [0.2, 0.25) is 0 Å². The standard InChI is InChI=1S/C18H14IS.C4H8O2/c19-15-11-13-18(14-12-15)20(16-7-3-1-4-8-16)17-9-5-2-6-10-17;1-2-3-4(5)6/h1-14H;2-3H2,1H3,(H,5,6)/q+1;/p-1. The van der Waals surface area contributed by atoms with Gasteiger partial charge in [-0.15, -0.1) is 0 Å². The van der Waals surface area contributed by atoms with E-state index in [2.05, 4.69) is 108 Å². The molecule has 0 N–H and O–H groups in total. The number of carboxylic acids is 1. The monoisotopic (exact) mass is 476 g/mol. The lowest BCUT2D eigenvalue weighted by Crippen LogP contribution is -2.20. The van der Waals surface area contributed by atoms with Crippen LogP contribution in [0, 0.1) is 3.57 Å². The first-order valence-electron chi connectivity index (χ1n) is 8.41. The van der Waals surface area contributed by atoms with Gasteiger partial charge in [-0.05, 0) is 77.5 Å². The lowest BCUT2D eigenvalue weighted by Gasteiger charge is -2.07. The summed E-state index contributed by atoms with van der Waals surface area (Å²) in [5.74, 6) is -0.961. The Morgan fingerprint density at radius 3 is 1.58 bits per heavy atom. The molecule has 2 nitrogen and oxygen atoms in total. The highest BCUT2D eigenvalue weighted by Crippen LogP contribution is 2.31. The number of benzene rings is 3. The molecular weight excluding hydrogens is 455 g/mol. The van der Waals surface area contributed by atoms with Crippen LogP contribution in [0.4, 0.5) is 0 Å². The first kappa shape index (κ1) is 20.5. The van der Waals surface area contributed by atoms with Gasteiger partial charge in [-0.1, -0.05) is 49.7 Å². The Morgan fingerprint density at radius 2 is 1.23 bits per heavy atom. The summed E-state index contributed by atoms with van der Waals surface area (Å²) in [6, 6.07) is 30.3. The molecule has 0 aromatic heterocycles. The maximum absolute atomic E-state index is 9.49. The molecule has 0 aliphatic heterocycles. The molecule has 0 saturated carbocycles. The number of hydrogen-bond acceptors (Lipinski definition) is 2. The van der Waals surface area contributed by atoms with Gasteiger partial charge in [-0.3, -0.25) is 0 Å². The Labute approximate surface area is 171 Å². The van der Waals surface area contributed by atoms with Crippen molar-refractivity contribution >= 4 is 39.5 Å². The Morgan fingerprint density at radius 1 is 0.808 bits per heavy atom. The Balaban J connectivity index is 0.000000352. The van der Waals surface area contributed by atoms with Crippen molar-refractivity contribution in [3.63, 3.8) is 0 Å². The molecule has 0 aliphatic rings. The van der Waals surface area contributed by atoms with Crippen LogP contribution in [-0.2, 0) is 15.7 Å². The van der Waals surface area contributed by atoms with E-state index in [-0.39, 0.29) is 17.3 Å². The third kappa shape index (κ3) is 6.50. The molecule has 0 unspecified atom stereocenters. The zero-order valence-electron chi connectivity index (χ0n) is 14.6. The Kier molecular flexibility index (Phi) is 8.71. The Hall–Kier alpha value is -1.79. The summed E-state index contributed by atoms with van der Waals surface area (Å²) in [5.41, 5.74) is 0. The van der Waals surface area contributed by atoms with Gasteiger partial charge >= 0.3 is 0 Å². The number of aliphatic carboxylic acids is 1. The van der Waals surface area contributed by atoms with E-state index < -0.39 is 5.97 Å². The van der Waals surface area contributed by atoms with Gasteiger partial charge in [0.05, 0.1) is 10.9 Å². The minimum absolute atomic E-state index is 0.0262. The second-order valence-corrected chi connectivity index (χ2v) is 8.78. The summed E-state index contributed by atoms with van der Waals surface area (Å²) < 4.78 is 1.27. The van der Waals surface area contributed by atoms with E-state index in [1.165, 1.54) is 18.3 Å². The van der Waals surface area contributed by atoms with Gasteiger partial charge in [0.15, 0.2) is 14.7 Å². The third-order valence-corrected chi connectivity index (χ3v) is 6.41. The van der Waals surface area contributed by atoms with Crippen molar-refractivity contribution < 1.29 is 9.90 Å². The average molecular weight is 476 g/mol. The average Bonchev–Trinajstić information content (AvgIpc) is 2.66. The zero-order valence-corrected chi connectivity index (χ0v) is 17.6. The summed E-state index contributed by atoms with van der Waals surface area (Å²) >= 11 is 2.35. The molecule has 0 spiro atoms. The van der Waals surface area contributed by atoms with Crippen LogP contribution in [0.5, 0.6) is 0 Å². The smallest absolute Gasteiger partial charge is 0.166 e. The SMILES string of the molecule is CCCC(=O)[O-].Ic1ccc([S+](c2ccccc2)c2ccccc2)cc1. The number of hydrogen-bond donors (Lipinski definition) is 0. The first-order valence-corrected chi connectivity index (χ1v) is 10.7. The highest BCUT2D eigenvalue weighted by Gasteiger charge is 2.27. The molecule has 3 rings (SSSR count). The molecule has 26 heavy (non-hydrogen) atoms. The summed E-state index contributed by atoms with van der Waals surface area (Å²) in [6.07, 6.45) is 0.850. The predicted molar refractivity (Wildman–Crippen MR) is 114 cm³/mol. The number of carbonyl (C=O) groups excluding carboxylic acids is 1. The van der Waals surface area contributed by atoms with E-state index in [1.807, 2.05) is 0 Å². The molecule has 0 saturated heterocycles. The lowest BCUT2D eigenvalue weighted by molar-refractivity contribution is -0.305. The van der Waals surface area contributed by atoms with Gasteiger partial charge in [0.25, 0.3) is 0 Å². The van der Waals surface area contributed by atoms with Crippen molar-refractivity contribution in [3.05, 3.63) is 88.5 Å². The van der Waals surface area contributed by atoms with Crippen LogP contribution in [0.15, 0.2) is 99.6 Å². The molecule has 0 radical (unpaired) electrons. The van der Waals surface area contributed by atoms with E-state index in [9.17, 15) is 9.90 Å². The molecule has 4 heteroatoms. The van der Waals surface area contributed by atoms with Gasteiger partial charge in [0.1, 0.15) is 0 Å². The van der Waals surface area contributed by atoms with Crippen molar-refractivity contribution in [1.29, 1.82) is 0 Å². The fourth-order valence-electron chi connectivity index (χ4n) is 2.30. The second-order valence-electron chi connectivity index (χ2n) is 5.51. The number of carbonyl (C=O) groups is 1. The molecule has 0 aliphatic carbocycles. The maximum Gasteiger partial charge on any atom is 0.166 e. The van der Waals surface area contributed by atoms with E-state index in [1.54, 1.807) is 6.92 Å². The summed E-state index contributed by atoms with van der Waals surface area (Å²) in [6.45, 7) is 1.80. The van der Waals surface area contributed by atoms with Crippen LogP contribution < -0.4 is 5.11 Å². The third-order valence-electron chi connectivity index (χ3n) is 3.46. The molecule has 0 heterocycles.